The van der Waals surface area contributed by atoms with E-state index in [0.717, 1.165) is 17.8 Å². The zero-order chi connectivity index (χ0) is 20.6. The first kappa shape index (κ1) is 18.9. The summed E-state index contributed by atoms with van der Waals surface area (Å²) in [6, 6.07) is 24.8. The van der Waals surface area contributed by atoms with Gasteiger partial charge in [-0.25, -0.2) is 0 Å². The number of aromatic nitrogens is 1. The van der Waals surface area contributed by atoms with Gasteiger partial charge in [0.2, 0.25) is 5.91 Å². The zero-order valence-corrected chi connectivity index (χ0v) is 17.2. The third kappa shape index (κ3) is 2.99. The van der Waals surface area contributed by atoms with Crippen LogP contribution in [0.25, 0.3) is 21.8 Å². The molecule has 0 spiro atoms. The summed E-state index contributed by atoms with van der Waals surface area (Å²) in [6.07, 6.45) is 1.39. The molecule has 3 aromatic carbocycles. The van der Waals surface area contributed by atoms with E-state index in [1.807, 2.05) is 24.3 Å². The van der Waals surface area contributed by atoms with Gasteiger partial charge in [0.05, 0.1) is 5.41 Å². The maximum Gasteiger partial charge on any atom is 0.235 e. The highest BCUT2D eigenvalue weighted by atomic mass is 16.5. The summed E-state index contributed by atoms with van der Waals surface area (Å²) in [5.41, 5.74) is 3.78. The number of hydrogen-bond acceptors (Lipinski definition) is 2. The summed E-state index contributed by atoms with van der Waals surface area (Å²) in [5.74, 6) is 0.0515. The number of aryl methyl sites for hydroxylation is 1. The Bertz CT molecular complexity index is 1200. The lowest BCUT2D eigenvalue weighted by Crippen LogP contribution is -2.44. The SMILES string of the molecule is CCn1c2ccccc2c2cc(NC(=O)C3(c4ccccc4)CCOCC3)ccc21. The van der Waals surface area contributed by atoms with E-state index in [4.69, 9.17) is 4.74 Å². The molecular weight excluding hydrogens is 372 g/mol. The number of anilines is 1. The monoisotopic (exact) mass is 398 g/mol. The summed E-state index contributed by atoms with van der Waals surface area (Å²) < 4.78 is 7.90. The lowest BCUT2D eigenvalue weighted by molar-refractivity contribution is -0.125. The molecule has 1 saturated heterocycles. The van der Waals surface area contributed by atoms with Gasteiger partial charge in [-0.2, -0.15) is 0 Å². The molecule has 2 heterocycles. The second-order valence-electron chi connectivity index (χ2n) is 8.01. The van der Waals surface area contributed by atoms with E-state index in [0.29, 0.717) is 26.1 Å². The lowest BCUT2D eigenvalue weighted by Gasteiger charge is -2.36. The van der Waals surface area contributed by atoms with E-state index < -0.39 is 5.41 Å². The maximum atomic E-state index is 13.6. The fourth-order valence-corrected chi connectivity index (χ4v) is 4.85. The van der Waals surface area contributed by atoms with Crippen molar-refractivity contribution in [2.75, 3.05) is 18.5 Å². The molecule has 0 radical (unpaired) electrons. The normalized spacial score (nSPS) is 16.0. The van der Waals surface area contributed by atoms with Gasteiger partial charge < -0.3 is 14.6 Å². The van der Waals surface area contributed by atoms with Crippen molar-refractivity contribution in [2.24, 2.45) is 0 Å². The number of carbonyl (C=O) groups excluding carboxylic acids is 1. The number of para-hydroxylation sites is 1. The van der Waals surface area contributed by atoms with Crippen LogP contribution in [0.1, 0.15) is 25.3 Å². The molecule has 0 aliphatic carbocycles. The van der Waals surface area contributed by atoms with Crippen molar-refractivity contribution in [1.29, 1.82) is 0 Å². The molecule has 152 valence electrons. The van der Waals surface area contributed by atoms with Crippen molar-refractivity contribution < 1.29 is 9.53 Å². The second-order valence-corrected chi connectivity index (χ2v) is 8.01. The fraction of sp³-hybridized carbons (Fsp3) is 0.269. The van der Waals surface area contributed by atoms with Gasteiger partial charge in [0.1, 0.15) is 0 Å². The lowest BCUT2D eigenvalue weighted by atomic mass is 9.73. The topological polar surface area (TPSA) is 43.3 Å². The molecule has 0 atom stereocenters. The first-order chi connectivity index (χ1) is 14.7. The zero-order valence-electron chi connectivity index (χ0n) is 17.2. The Morgan fingerprint density at radius 1 is 0.933 bits per heavy atom. The Hall–Kier alpha value is -3.11. The summed E-state index contributed by atoms with van der Waals surface area (Å²) in [4.78, 5) is 13.6. The van der Waals surface area contributed by atoms with Crippen LogP contribution >= 0.6 is 0 Å². The highest BCUT2D eigenvalue weighted by molar-refractivity contribution is 6.10. The molecule has 1 aromatic heterocycles. The molecule has 1 aliphatic heterocycles. The Kier molecular flexibility index (Phi) is 4.80. The maximum absolute atomic E-state index is 13.6. The molecule has 5 rings (SSSR count). The van der Waals surface area contributed by atoms with Gasteiger partial charge in [0, 0.05) is 47.3 Å². The van der Waals surface area contributed by atoms with Crippen LogP contribution in [0, 0.1) is 0 Å². The molecule has 1 N–H and O–H groups in total. The highest BCUT2D eigenvalue weighted by Gasteiger charge is 2.41. The van der Waals surface area contributed by atoms with Gasteiger partial charge in [-0.05, 0) is 49.6 Å². The van der Waals surface area contributed by atoms with Crippen LogP contribution in [0.4, 0.5) is 5.69 Å². The van der Waals surface area contributed by atoms with E-state index in [2.05, 4.69) is 65.3 Å². The van der Waals surface area contributed by atoms with Crippen molar-refractivity contribution in [3.05, 3.63) is 78.4 Å². The predicted octanol–water partition coefficient (Wildman–Crippen LogP) is 5.50. The van der Waals surface area contributed by atoms with E-state index in [-0.39, 0.29) is 5.91 Å². The van der Waals surface area contributed by atoms with Crippen LogP contribution in [0.5, 0.6) is 0 Å². The fourth-order valence-electron chi connectivity index (χ4n) is 4.85. The minimum atomic E-state index is -0.550. The molecule has 1 amide bonds. The molecule has 4 heteroatoms. The minimum absolute atomic E-state index is 0.0515. The molecule has 0 saturated carbocycles. The van der Waals surface area contributed by atoms with Crippen LogP contribution in [-0.4, -0.2) is 23.7 Å². The average Bonchev–Trinajstić information content (AvgIpc) is 3.13. The molecule has 30 heavy (non-hydrogen) atoms. The molecule has 1 aliphatic rings. The Balaban J connectivity index is 1.54. The minimum Gasteiger partial charge on any atom is -0.381 e. The van der Waals surface area contributed by atoms with E-state index in [9.17, 15) is 4.79 Å². The summed E-state index contributed by atoms with van der Waals surface area (Å²) >= 11 is 0. The van der Waals surface area contributed by atoms with Crippen molar-refractivity contribution >= 4 is 33.4 Å². The number of ether oxygens (including phenoxy) is 1. The van der Waals surface area contributed by atoms with Crippen molar-refractivity contribution in [2.45, 2.75) is 31.7 Å². The first-order valence-corrected chi connectivity index (χ1v) is 10.7. The van der Waals surface area contributed by atoms with Crippen LogP contribution in [0.15, 0.2) is 72.8 Å². The van der Waals surface area contributed by atoms with Crippen LogP contribution in [0.2, 0.25) is 0 Å². The number of rotatable bonds is 4. The quantitative estimate of drug-likeness (QED) is 0.493. The Morgan fingerprint density at radius 3 is 2.40 bits per heavy atom. The summed E-state index contributed by atoms with van der Waals surface area (Å²) in [5, 5.41) is 5.62. The van der Waals surface area contributed by atoms with Crippen LogP contribution in [0.3, 0.4) is 0 Å². The molecule has 0 unspecified atom stereocenters. The molecule has 1 fully saturated rings. The molecule has 4 aromatic rings. The number of nitrogens with zero attached hydrogens (tertiary/aromatic N) is 1. The van der Waals surface area contributed by atoms with Gasteiger partial charge in [-0.3, -0.25) is 4.79 Å². The van der Waals surface area contributed by atoms with Crippen molar-refractivity contribution in [3.63, 3.8) is 0 Å². The Morgan fingerprint density at radius 2 is 1.63 bits per heavy atom. The summed E-state index contributed by atoms with van der Waals surface area (Å²) in [7, 11) is 0. The Labute approximate surface area is 176 Å². The molecule has 4 nitrogen and oxygen atoms in total. The van der Waals surface area contributed by atoms with Crippen molar-refractivity contribution in [3.8, 4) is 0 Å². The number of benzene rings is 3. The number of fused-ring (bicyclic) bond motifs is 3. The van der Waals surface area contributed by atoms with E-state index in [1.54, 1.807) is 0 Å². The highest BCUT2D eigenvalue weighted by Crippen LogP contribution is 2.37. The second kappa shape index (κ2) is 7.62. The van der Waals surface area contributed by atoms with Gasteiger partial charge in [-0.1, -0.05) is 48.5 Å². The molecular formula is C26H26N2O2. The number of carbonyl (C=O) groups is 1. The van der Waals surface area contributed by atoms with Crippen LogP contribution < -0.4 is 5.32 Å². The third-order valence-corrected chi connectivity index (χ3v) is 6.45. The van der Waals surface area contributed by atoms with E-state index in [1.165, 1.54) is 21.8 Å². The third-order valence-electron chi connectivity index (χ3n) is 6.45. The standard InChI is InChI=1S/C26H26N2O2/c1-2-28-23-11-7-6-10-21(23)22-18-20(12-13-24(22)28)27-25(29)26(14-16-30-17-15-26)19-8-4-3-5-9-19/h3-13,18H,2,14-17H2,1H3,(H,27,29). The van der Waals surface area contributed by atoms with Gasteiger partial charge in [0.15, 0.2) is 0 Å². The average molecular weight is 399 g/mol. The van der Waals surface area contributed by atoms with Gasteiger partial charge >= 0.3 is 0 Å². The number of hydrogen-bond donors (Lipinski definition) is 1. The number of amides is 1. The van der Waals surface area contributed by atoms with Crippen molar-refractivity contribution in [1.82, 2.24) is 4.57 Å². The van der Waals surface area contributed by atoms with Crippen LogP contribution in [-0.2, 0) is 21.5 Å². The predicted molar refractivity (Wildman–Crippen MR) is 122 cm³/mol. The smallest absolute Gasteiger partial charge is 0.235 e. The molecule has 0 bridgehead atoms. The number of nitrogens with one attached hydrogen (secondary N) is 1. The first-order valence-electron chi connectivity index (χ1n) is 10.7. The van der Waals surface area contributed by atoms with Gasteiger partial charge in [0.25, 0.3) is 0 Å². The summed E-state index contributed by atoms with van der Waals surface area (Å²) in [6.45, 7) is 4.28. The van der Waals surface area contributed by atoms with Gasteiger partial charge in [-0.15, -0.1) is 0 Å². The largest absolute Gasteiger partial charge is 0.381 e. The van der Waals surface area contributed by atoms with E-state index >= 15 is 0 Å².